The number of anilines is 5. The molecule has 16 heterocycles. The standard InChI is InChI=1S/C22H23FN8.3C22H22FN7O.CH3FS.CH4/c1-12(2)18-11-27-31-21(18)29-20(14-7-15(23)10-25-9-14)30-22(31)28-16-3-4-17-13(8-16)5-6-26-19(17)24;3*1-12(2)18-11-26-30-20(18)28-19(14-7-15(23)10-24-9-14)29-22(30)27-16-3-4-17-13(8-16)5-6-25-21(17)31;1-3-2;/h5-7,9-12,16H,3-4,8H2,1-2H3,(H2,24,26)(H,28,29,30);3*5-7,9-12,16H,3-4,8H2,1-2H3,(H,25,31)(H,27,28,29);1H3;1H4/t;2*16-;;;/m.10.../s1. The fourth-order valence-electron chi connectivity index (χ4n) is 16.3. The Morgan fingerprint density at radius 2 is 0.633 bits per heavy atom. The Labute approximate surface area is 735 Å². The minimum absolute atomic E-state index is 0. The monoisotopic (exact) mass is 1760 g/mol. The van der Waals surface area contributed by atoms with Gasteiger partial charge in [-0.2, -0.15) is 62.3 Å². The summed E-state index contributed by atoms with van der Waals surface area (Å²) in [5.74, 6) is 3.48. The fraction of sp³-hybridized carbons (Fsp3) is 0.333. The van der Waals surface area contributed by atoms with E-state index in [1.807, 2.05) is 30.5 Å². The van der Waals surface area contributed by atoms with Crippen molar-refractivity contribution in [2.45, 2.75) is 188 Å². The molecule has 9 N–H and O–H groups in total. The Kier molecular flexibility index (Phi) is 26.8. The van der Waals surface area contributed by atoms with Crippen LogP contribution in [0.4, 0.5) is 51.1 Å². The van der Waals surface area contributed by atoms with Crippen molar-refractivity contribution < 1.29 is 21.4 Å². The summed E-state index contributed by atoms with van der Waals surface area (Å²) < 4.78 is 72.2. The number of pyridine rings is 8. The van der Waals surface area contributed by atoms with Gasteiger partial charge in [0.25, 0.3) is 16.7 Å². The highest BCUT2D eigenvalue weighted by Gasteiger charge is 2.30. The molecule has 4 aliphatic carbocycles. The molecule has 0 radical (unpaired) electrons. The maximum absolute atomic E-state index is 13.8. The highest BCUT2D eigenvalue weighted by atomic mass is 32.2. The topological polar surface area (TPSA) is 409 Å². The van der Waals surface area contributed by atoms with Crippen molar-refractivity contribution in [2.24, 2.45) is 0 Å². The van der Waals surface area contributed by atoms with Crippen LogP contribution < -0.4 is 43.7 Å². The molecule has 4 aliphatic rings. The lowest BCUT2D eigenvalue weighted by Gasteiger charge is -2.26. The van der Waals surface area contributed by atoms with Crippen molar-refractivity contribution >= 4 is 64.3 Å². The van der Waals surface area contributed by atoms with Crippen LogP contribution in [0.2, 0.25) is 0 Å². The van der Waals surface area contributed by atoms with Gasteiger partial charge in [-0.3, -0.25) is 34.3 Å². The Morgan fingerprint density at radius 1 is 0.383 bits per heavy atom. The summed E-state index contributed by atoms with van der Waals surface area (Å²) in [6.45, 7) is 16.6. The molecule has 16 aromatic heterocycles. The van der Waals surface area contributed by atoms with E-state index in [4.69, 9.17) is 5.73 Å². The van der Waals surface area contributed by atoms with Crippen LogP contribution in [0, 0.1) is 23.3 Å². The number of fused-ring (bicyclic) bond motifs is 8. The fourth-order valence-corrected chi connectivity index (χ4v) is 16.3. The number of aromatic nitrogens is 24. The van der Waals surface area contributed by atoms with Crippen molar-refractivity contribution in [1.82, 2.24) is 118 Å². The first kappa shape index (κ1) is 88.7. The first-order valence-corrected chi connectivity index (χ1v) is 43.0. The number of aromatic amines is 3. The molecule has 0 aliphatic heterocycles. The molecule has 0 saturated heterocycles. The second kappa shape index (κ2) is 38.7. The first-order valence-electron chi connectivity index (χ1n) is 41.9. The average Bonchev–Trinajstić information content (AvgIpc) is 1.71. The minimum atomic E-state index is -0.442. The normalized spacial score (nSPS) is 15.6. The molecule has 0 spiro atoms. The van der Waals surface area contributed by atoms with Gasteiger partial charge in [-0.1, -0.05) is 62.8 Å². The smallest absolute Gasteiger partial charge is 0.251 e. The van der Waals surface area contributed by atoms with Crippen LogP contribution in [0.3, 0.4) is 0 Å². The van der Waals surface area contributed by atoms with E-state index >= 15 is 0 Å². The molecule has 660 valence electrons. The van der Waals surface area contributed by atoms with Crippen LogP contribution in [0.15, 0.2) is 162 Å². The highest BCUT2D eigenvalue weighted by molar-refractivity contribution is 7.93. The summed E-state index contributed by atoms with van der Waals surface area (Å²) in [4.78, 5) is 102. The van der Waals surface area contributed by atoms with E-state index in [2.05, 4.69) is 177 Å². The number of rotatable bonds is 16. The molecule has 2 unspecified atom stereocenters. The van der Waals surface area contributed by atoms with Crippen LogP contribution in [0.25, 0.3) is 68.1 Å². The molecular weight excluding hydrogens is 1660 g/mol. The van der Waals surface area contributed by atoms with E-state index in [1.165, 1.54) is 42.3 Å². The second-order valence-corrected chi connectivity index (χ2v) is 33.1. The summed E-state index contributed by atoms with van der Waals surface area (Å²) in [6.07, 6.45) is 35.3. The summed E-state index contributed by atoms with van der Waals surface area (Å²) in [6, 6.07) is 13.8. The summed E-state index contributed by atoms with van der Waals surface area (Å²) in [5, 5.41) is 32.0. The quantitative estimate of drug-likeness (QED) is 0.0416. The van der Waals surface area contributed by atoms with Crippen LogP contribution in [0.5, 0.6) is 0 Å². The van der Waals surface area contributed by atoms with E-state index in [1.54, 1.807) is 86.2 Å². The molecule has 0 fully saturated rings. The number of nitrogens with one attached hydrogen (secondary N) is 7. The molecule has 0 amide bonds. The zero-order valence-electron chi connectivity index (χ0n) is 71.0. The first-order chi connectivity index (χ1) is 61.4. The largest absolute Gasteiger partial charge is 0.383 e. The van der Waals surface area contributed by atoms with Gasteiger partial charge in [0.2, 0.25) is 23.8 Å². The third-order valence-corrected chi connectivity index (χ3v) is 22.8. The van der Waals surface area contributed by atoms with Crippen molar-refractivity contribution in [3.63, 3.8) is 0 Å². The molecule has 128 heavy (non-hydrogen) atoms. The Morgan fingerprint density at radius 3 is 0.883 bits per heavy atom. The maximum atomic E-state index is 13.8. The number of halogens is 5. The van der Waals surface area contributed by atoms with Crippen molar-refractivity contribution in [3.05, 3.63) is 269 Å². The van der Waals surface area contributed by atoms with Crippen LogP contribution in [0.1, 0.15) is 179 Å². The number of nitrogens with two attached hydrogens (primary N) is 1. The second-order valence-electron chi connectivity index (χ2n) is 32.8. The SMILES string of the molecule is C.CC(C)c1cnn2c(NC3CCc4c(cc[nH]c4=O)C3)nc(-c3cncc(F)c3)nc12.CC(C)c1cnn2c(NC3CCc4c(ccnc4N)C3)nc(-c3cncc(F)c3)nc12.CC(C)c1cnn2c(N[C@@H]3CCc4c(cc[nH]c4=O)C3)nc(-c3cncc(F)c3)nc12.CC(C)c1cnn2c(N[C@H]3CCc4c(cc[nH]c4=O)C3)nc(-c3cncc(F)c3)nc12.CSF. The summed E-state index contributed by atoms with van der Waals surface area (Å²) in [7, 11) is 0. The average molecular weight is 1760 g/mol. The van der Waals surface area contributed by atoms with Gasteiger partial charge in [0.15, 0.2) is 45.9 Å². The molecule has 20 rings (SSSR count). The zero-order valence-corrected chi connectivity index (χ0v) is 71.8. The molecule has 0 saturated carbocycles. The predicted octanol–water partition coefficient (Wildman–Crippen LogP) is 14.6. The molecule has 32 nitrogen and oxygen atoms in total. The maximum Gasteiger partial charge on any atom is 0.251 e. The Bertz CT molecular complexity index is 6420. The molecule has 0 bridgehead atoms. The van der Waals surface area contributed by atoms with Gasteiger partial charge in [-0.05, 0) is 177 Å². The predicted molar refractivity (Wildman–Crippen MR) is 481 cm³/mol. The van der Waals surface area contributed by atoms with Gasteiger partial charge >= 0.3 is 0 Å². The van der Waals surface area contributed by atoms with Crippen LogP contribution >= 0.6 is 12.1 Å². The minimum Gasteiger partial charge on any atom is -0.383 e. The number of hydrogen-bond donors (Lipinski definition) is 8. The van der Waals surface area contributed by atoms with Crippen molar-refractivity contribution in [2.75, 3.05) is 33.3 Å². The van der Waals surface area contributed by atoms with E-state index in [0.29, 0.717) is 136 Å². The third-order valence-electron chi connectivity index (χ3n) is 22.8. The van der Waals surface area contributed by atoms with E-state index < -0.39 is 23.3 Å². The molecule has 16 aromatic rings. The Hall–Kier alpha value is -14.2. The number of hydrogen-bond acceptors (Lipinski definition) is 26. The zero-order chi connectivity index (χ0) is 88.8. The lowest BCUT2D eigenvalue weighted by molar-refractivity contribution is 0.597. The van der Waals surface area contributed by atoms with Gasteiger partial charge in [0.1, 0.15) is 29.1 Å². The third kappa shape index (κ3) is 19.4. The number of nitrogen functional groups attached to an aromatic ring is 1. The van der Waals surface area contributed by atoms with Gasteiger partial charge in [0.05, 0.1) is 49.6 Å². The lowest BCUT2D eigenvalue weighted by Crippen LogP contribution is -2.32. The highest BCUT2D eigenvalue weighted by Crippen LogP contribution is 2.35. The number of nitrogens with zero attached hydrogens (tertiary/aromatic N) is 21. The molecule has 38 heteroatoms. The number of H-pyrrole nitrogens is 3. The van der Waals surface area contributed by atoms with Crippen LogP contribution in [-0.4, -0.2) is 149 Å². The van der Waals surface area contributed by atoms with E-state index in [0.717, 1.165) is 118 Å². The molecule has 0 aromatic carbocycles. The van der Waals surface area contributed by atoms with Gasteiger partial charge in [0, 0.05) is 153 Å². The lowest BCUT2D eigenvalue weighted by atomic mass is 9.89. The van der Waals surface area contributed by atoms with E-state index in [-0.39, 0.29) is 84.1 Å². The summed E-state index contributed by atoms with van der Waals surface area (Å²) >= 11 is 0.250. The van der Waals surface area contributed by atoms with E-state index in [9.17, 15) is 35.8 Å². The molecular formula is C90H96F5N29O3S. The van der Waals surface area contributed by atoms with Gasteiger partial charge in [-0.15, -0.1) is 0 Å². The molecule has 4 atom stereocenters. The van der Waals surface area contributed by atoms with Crippen LogP contribution in [-0.2, 0) is 51.4 Å². The van der Waals surface area contributed by atoms with Gasteiger partial charge in [-0.25, -0.2) is 42.5 Å². The van der Waals surface area contributed by atoms with Crippen molar-refractivity contribution in [1.29, 1.82) is 0 Å². The summed E-state index contributed by atoms with van der Waals surface area (Å²) in [5.41, 5.74) is 22.7. The Balaban J connectivity index is 0.000000130. The van der Waals surface area contributed by atoms with Crippen molar-refractivity contribution in [3.8, 4) is 45.6 Å². The van der Waals surface area contributed by atoms with Gasteiger partial charge < -0.3 is 42.0 Å².